The van der Waals surface area contributed by atoms with E-state index < -0.39 is 12.2 Å². The Kier molecular flexibility index (Phi) is 7.62. The summed E-state index contributed by atoms with van der Waals surface area (Å²) in [6, 6.07) is 25.7. The largest absolute Gasteiger partial charge is 0.497 e. The fourth-order valence-electron chi connectivity index (χ4n) is 3.74. The summed E-state index contributed by atoms with van der Waals surface area (Å²) < 4.78 is 16.1. The quantitative estimate of drug-likeness (QED) is 0.487. The smallest absolute Gasteiger partial charge is 0.437 e. The SMILES string of the molecule is COc1ccc(N2CC(C)N(C(=O)OCc3ccccc3)/C2=N/C(=O)OCc2ccccc2)cc1. The summed E-state index contributed by atoms with van der Waals surface area (Å²) in [5.41, 5.74) is 2.46. The molecule has 35 heavy (non-hydrogen) atoms. The molecule has 1 saturated heterocycles. The van der Waals surface area contributed by atoms with Crippen LogP contribution in [0.15, 0.2) is 89.9 Å². The molecule has 8 nitrogen and oxygen atoms in total. The van der Waals surface area contributed by atoms with E-state index >= 15 is 0 Å². The van der Waals surface area contributed by atoms with Gasteiger partial charge in [-0.15, -0.1) is 4.99 Å². The van der Waals surface area contributed by atoms with Crippen LogP contribution in [0.3, 0.4) is 0 Å². The third-order valence-electron chi connectivity index (χ3n) is 5.53. The second-order valence-corrected chi connectivity index (χ2v) is 8.02. The molecule has 0 aromatic heterocycles. The zero-order valence-electron chi connectivity index (χ0n) is 19.7. The van der Waals surface area contributed by atoms with Crippen molar-refractivity contribution in [1.29, 1.82) is 0 Å². The Morgan fingerprint density at radius 1 is 0.857 bits per heavy atom. The van der Waals surface area contributed by atoms with E-state index in [1.165, 1.54) is 4.90 Å². The number of hydrogen-bond acceptors (Lipinski definition) is 5. The molecule has 180 valence electrons. The Labute approximate surface area is 204 Å². The molecule has 1 heterocycles. The van der Waals surface area contributed by atoms with E-state index in [4.69, 9.17) is 14.2 Å². The summed E-state index contributed by atoms with van der Waals surface area (Å²) in [5.74, 6) is 0.847. The van der Waals surface area contributed by atoms with Gasteiger partial charge in [-0.3, -0.25) is 0 Å². The molecule has 1 atom stereocenters. The number of carbonyl (C=O) groups excluding carboxylic acids is 2. The van der Waals surface area contributed by atoms with Gasteiger partial charge in [-0.05, 0) is 42.3 Å². The van der Waals surface area contributed by atoms with Gasteiger partial charge in [-0.25, -0.2) is 14.5 Å². The first-order valence-corrected chi connectivity index (χ1v) is 11.3. The minimum Gasteiger partial charge on any atom is -0.497 e. The van der Waals surface area contributed by atoms with Crippen LogP contribution in [0, 0.1) is 0 Å². The summed E-state index contributed by atoms with van der Waals surface area (Å²) in [4.78, 5) is 33.1. The van der Waals surface area contributed by atoms with Gasteiger partial charge < -0.3 is 19.1 Å². The average molecular weight is 474 g/mol. The van der Waals surface area contributed by atoms with Gasteiger partial charge in [0, 0.05) is 12.2 Å². The highest BCUT2D eigenvalue weighted by atomic mass is 16.6. The molecular weight excluding hydrogens is 446 g/mol. The second kappa shape index (κ2) is 11.2. The maximum Gasteiger partial charge on any atom is 0.437 e. The van der Waals surface area contributed by atoms with Crippen LogP contribution in [0.2, 0.25) is 0 Å². The lowest BCUT2D eigenvalue weighted by molar-refractivity contribution is 0.111. The topological polar surface area (TPSA) is 80.7 Å². The number of ether oxygens (including phenoxy) is 3. The lowest BCUT2D eigenvalue weighted by Crippen LogP contribution is -2.41. The lowest BCUT2D eigenvalue weighted by atomic mass is 10.2. The van der Waals surface area contributed by atoms with Crippen LogP contribution in [-0.2, 0) is 22.7 Å². The van der Waals surface area contributed by atoms with E-state index in [9.17, 15) is 9.59 Å². The molecule has 3 aromatic carbocycles. The molecule has 8 heteroatoms. The summed E-state index contributed by atoms with van der Waals surface area (Å²) >= 11 is 0. The van der Waals surface area contributed by atoms with Gasteiger partial charge in [0.2, 0.25) is 5.96 Å². The molecule has 0 saturated carbocycles. The van der Waals surface area contributed by atoms with Gasteiger partial charge in [-0.2, -0.15) is 0 Å². The van der Waals surface area contributed by atoms with Crippen molar-refractivity contribution >= 4 is 23.8 Å². The van der Waals surface area contributed by atoms with Crippen molar-refractivity contribution in [2.45, 2.75) is 26.2 Å². The first-order chi connectivity index (χ1) is 17.0. The Hall–Kier alpha value is -4.33. The minimum atomic E-state index is -0.794. The van der Waals surface area contributed by atoms with Crippen molar-refractivity contribution in [2.24, 2.45) is 4.99 Å². The molecule has 1 fully saturated rings. The molecule has 0 bridgehead atoms. The van der Waals surface area contributed by atoms with E-state index in [2.05, 4.69) is 4.99 Å². The fourth-order valence-corrected chi connectivity index (χ4v) is 3.74. The number of guanidine groups is 1. The number of aliphatic imine (C=N–C) groups is 1. The molecular formula is C27H27N3O5. The molecule has 2 amide bonds. The third-order valence-corrected chi connectivity index (χ3v) is 5.53. The van der Waals surface area contributed by atoms with E-state index in [0.717, 1.165) is 16.8 Å². The standard InChI is InChI=1S/C27H27N3O5/c1-20-17-29(23-13-15-24(33-2)16-14-23)25(28-26(31)34-18-21-9-5-3-6-10-21)30(20)27(32)35-19-22-11-7-4-8-12-22/h3-16,20H,17-19H2,1-2H3/b28-25+. The molecule has 3 aromatic rings. The lowest BCUT2D eigenvalue weighted by Gasteiger charge is -2.22. The van der Waals surface area contributed by atoms with Crippen LogP contribution in [0.25, 0.3) is 0 Å². The zero-order chi connectivity index (χ0) is 24.6. The van der Waals surface area contributed by atoms with Gasteiger partial charge in [-0.1, -0.05) is 60.7 Å². The molecule has 1 aliphatic rings. The van der Waals surface area contributed by atoms with E-state index in [-0.39, 0.29) is 25.2 Å². The number of amides is 2. The summed E-state index contributed by atoms with van der Waals surface area (Å²) in [6.07, 6.45) is -1.38. The Bertz CT molecular complexity index is 1170. The molecule has 4 rings (SSSR count). The van der Waals surface area contributed by atoms with E-state index in [1.54, 1.807) is 12.0 Å². The molecule has 0 radical (unpaired) electrons. The number of anilines is 1. The van der Waals surface area contributed by atoms with Crippen molar-refractivity contribution in [3.8, 4) is 5.75 Å². The summed E-state index contributed by atoms with van der Waals surface area (Å²) in [7, 11) is 1.59. The molecule has 0 spiro atoms. The fraction of sp³-hybridized carbons (Fsp3) is 0.222. The highest BCUT2D eigenvalue weighted by Crippen LogP contribution is 2.27. The molecule has 1 aliphatic heterocycles. The number of benzene rings is 3. The highest BCUT2D eigenvalue weighted by Gasteiger charge is 2.39. The van der Waals surface area contributed by atoms with Crippen molar-refractivity contribution < 1.29 is 23.8 Å². The van der Waals surface area contributed by atoms with Gasteiger partial charge in [0.15, 0.2) is 0 Å². The molecule has 0 aliphatic carbocycles. The zero-order valence-corrected chi connectivity index (χ0v) is 19.7. The Morgan fingerprint density at radius 3 is 2.00 bits per heavy atom. The van der Waals surface area contributed by atoms with Crippen molar-refractivity contribution in [1.82, 2.24) is 4.90 Å². The normalized spacial score (nSPS) is 16.3. The monoisotopic (exact) mass is 473 g/mol. The predicted octanol–water partition coefficient (Wildman–Crippen LogP) is 5.24. The minimum absolute atomic E-state index is 0.0764. The number of carbonyl (C=O) groups is 2. The predicted molar refractivity (Wildman–Crippen MR) is 132 cm³/mol. The first kappa shape index (κ1) is 23.8. The highest BCUT2D eigenvalue weighted by molar-refractivity contribution is 6.09. The number of rotatable bonds is 6. The Balaban J connectivity index is 1.56. The van der Waals surface area contributed by atoms with E-state index in [1.807, 2.05) is 91.9 Å². The maximum atomic E-state index is 13.1. The van der Waals surface area contributed by atoms with Crippen LogP contribution >= 0.6 is 0 Å². The molecule has 1 unspecified atom stereocenters. The van der Waals surface area contributed by atoms with Crippen LogP contribution in [0.5, 0.6) is 5.75 Å². The average Bonchev–Trinajstić information content (AvgIpc) is 3.22. The second-order valence-electron chi connectivity index (χ2n) is 8.02. The van der Waals surface area contributed by atoms with Crippen molar-refractivity contribution in [2.75, 3.05) is 18.6 Å². The van der Waals surface area contributed by atoms with E-state index in [0.29, 0.717) is 12.3 Å². The third kappa shape index (κ3) is 5.97. The van der Waals surface area contributed by atoms with Crippen molar-refractivity contribution in [3.05, 3.63) is 96.1 Å². The summed E-state index contributed by atoms with van der Waals surface area (Å²) in [6.45, 7) is 2.49. The number of nitrogens with zero attached hydrogens (tertiary/aromatic N) is 3. The van der Waals surface area contributed by atoms with Gasteiger partial charge >= 0.3 is 12.2 Å². The van der Waals surface area contributed by atoms with Crippen LogP contribution < -0.4 is 9.64 Å². The Morgan fingerprint density at radius 2 is 1.43 bits per heavy atom. The van der Waals surface area contributed by atoms with Gasteiger partial charge in [0.05, 0.1) is 13.2 Å². The first-order valence-electron chi connectivity index (χ1n) is 11.3. The van der Waals surface area contributed by atoms with Crippen LogP contribution in [-0.4, -0.2) is 42.7 Å². The van der Waals surface area contributed by atoms with Gasteiger partial charge in [0.25, 0.3) is 0 Å². The number of methoxy groups -OCH3 is 1. The molecule has 0 N–H and O–H groups in total. The maximum absolute atomic E-state index is 13.1. The van der Waals surface area contributed by atoms with Crippen molar-refractivity contribution in [3.63, 3.8) is 0 Å². The van der Waals surface area contributed by atoms with Gasteiger partial charge in [0.1, 0.15) is 19.0 Å². The number of hydrogen-bond donors (Lipinski definition) is 0. The van der Waals surface area contributed by atoms with Crippen LogP contribution in [0.4, 0.5) is 15.3 Å². The van der Waals surface area contributed by atoms with Crippen LogP contribution in [0.1, 0.15) is 18.1 Å². The summed E-state index contributed by atoms with van der Waals surface area (Å²) in [5, 5.41) is 0.